The summed E-state index contributed by atoms with van der Waals surface area (Å²) >= 11 is 4.89. The Labute approximate surface area is 95.5 Å². The highest BCUT2D eigenvalue weighted by Crippen LogP contribution is 2.20. The maximum atomic E-state index is 11.6. The Morgan fingerprint density at radius 2 is 2.13 bits per heavy atom. The second kappa shape index (κ2) is 4.45. The minimum absolute atomic E-state index is 0.137. The zero-order valence-corrected chi connectivity index (χ0v) is 10.2. The van der Waals surface area contributed by atoms with Crippen LogP contribution < -0.4 is 11.1 Å². The number of hydrogen-bond donors (Lipinski definition) is 2. The Kier molecular flexibility index (Phi) is 3.67. The van der Waals surface area contributed by atoms with Crippen LogP contribution in [-0.2, 0) is 9.53 Å². The average Bonchev–Trinajstić information content (AvgIpc) is 2.50. The zero-order chi connectivity index (χ0) is 11.6. The molecule has 0 spiro atoms. The fourth-order valence-electron chi connectivity index (χ4n) is 1.31. The van der Waals surface area contributed by atoms with E-state index in [4.69, 9.17) is 22.7 Å². The molecule has 1 saturated heterocycles. The van der Waals surface area contributed by atoms with E-state index >= 15 is 0 Å². The van der Waals surface area contributed by atoms with Crippen LogP contribution in [-0.4, -0.2) is 23.7 Å². The molecule has 2 atom stereocenters. The molecule has 1 rings (SSSR count). The molecule has 1 heterocycles. The summed E-state index contributed by atoms with van der Waals surface area (Å²) in [6.07, 6.45) is 0.431. The molecule has 0 radical (unpaired) electrons. The third-order valence-electron chi connectivity index (χ3n) is 2.35. The lowest BCUT2D eigenvalue weighted by atomic mass is 9.97. The molecule has 1 aliphatic rings. The molecule has 1 aliphatic heterocycles. The van der Waals surface area contributed by atoms with Crippen LogP contribution >= 0.6 is 12.2 Å². The number of rotatable bonds is 2. The molecular formula is C10H18N2O2S. The van der Waals surface area contributed by atoms with E-state index in [2.05, 4.69) is 5.32 Å². The predicted octanol–water partition coefficient (Wildman–Crippen LogP) is 0.797. The first-order valence-corrected chi connectivity index (χ1v) is 5.45. The van der Waals surface area contributed by atoms with Crippen LogP contribution in [0.5, 0.6) is 0 Å². The molecule has 0 aliphatic carbocycles. The molecule has 1 fully saturated rings. The van der Waals surface area contributed by atoms with Gasteiger partial charge < -0.3 is 10.5 Å². The first-order chi connectivity index (χ1) is 6.80. The number of esters is 1. The van der Waals surface area contributed by atoms with Crippen molar-refractivity contribution in [3.8, 4) is 0 Å². The van der Waals surface area contributed by atoms with Gasteiger partial charge in [-0.25, -0.2) is 0 Å². The van der Waals surface area contributed by atoms with Crippen LogP contribution in [0.4, 0.5) is 0 Å². The van der Waals surface area contributed by atoms with Gasteiger partial charge in [-0.05, 0) is 20.8 Å². The molecule has 0 bridgehead atoms. The number of thiocarbonyl (C=S) groups is 1. The summed E-state index contributed by atoms with van der Waals surface area (Å²) in [4.78, 5) is 12.1. The van der Waals surface area contributed by atoms with Gasteiger partial charge in [0, 0.05) is 18.9 Å². The van der Waals surface area contributed by atoms with Gasteiger partial charge in [0.15, 0.2) is 6.23 Å². The molecular weight excluding hydrogens is 212 g/mol. The molecule has 4 nitrogen and oxygen atoms in total. The number of carbonyl (C=O) groups excluding carboxylic acids is 1. The quantitative estimate of drug-likeness (QED) is 0.542. The van der Waals surface area contributed by atoms with E-state index in [-0.39, 0.29) is 18.1 Å². The lowest BCUT2D eigenvalue weighted by Gasteiger charge is -2.20. The van der Waals surface area contributed by atoms with Crippen molar-refractivity contribution in [2.24, 2.45) is 17.1 Å². The fraction of sp³-hybridized carbons (Fsp3) is 0.800. The van der Waals surface area contributed by atoms with E-state index in [1.54, 1.807) is 0 Å². The summed E-state index contributed by atoms with van der Waals surface area (Å²) in [5, 5.41) is 3.08. The van der Waals surface area contributed by atoms with Crippen LogP contribution in [0, 0.1) is 11.3 Å². The van der Waals surface area contributed by atoms with E-state index < -0.39 is 5.41 Å². The van der Waals surface area contributed by atoms with Crippen LogP contribution in [0.3, 0.4) is 0 Å². The van der Waals surface area contributed by atoms with Gasteiger partial charge in [0.1, 0.15) is 0 Å². The Morgan fingerprint density at radius 1 is 1.53 bits per heavy atom. The molecule has 0 amide bonds. The highest BCUT2D eigenvalue weighted by atomic mass is 32.1. The Hall–Kier alpha value is -0.680. The van der Waals surface area contributed by atoms with Gasteiger partial charge in [-0.15, -0.1) is 0 Å². The molecule has 3 N–H and O–H groups in total. The zero-order valence-electron chi connectivity index (χ0n) is 9.37. The van der Waals surface area contributed by atoms with E-state index in [0.29, 0.717) is 18.0 Å². The Bertz CT molecular complexity index is 273. The van der Waals surface area contributed by atoms with Crippen LogP contribution in [0.1, 0.15) is 27.2 Å². The number of ether oxygens (including phenoxy) is 1. The highest BCUT2D eigenvalue weighted by molar-refractivity contribution is 7.80. The van der Waals surface area contributed by atoms with Crippen LogP contribution in [0.15, 0.2) is 0 Å². The Balaban J connectivity index is 2.43. The van der Waals surface area contributed by atoms with Crippen molar-refractivity contribution in [2.45, 2.75) is 33.4 Å². The van der Waals surface area contributed by atoms with Gasteiger partial charge in [0.25, 0.3) is 0 Å². The first kappa shape index (κ1) is 12.4. The average molecular weight is 230 g/mol. The molecule has 5 heteroatoms. The maximum absolute atomic E-state index is 11.6. The minimum atomic E-state index is -0.469. The maximum Gasteiger partial charge on any atom is 0.312 e. The summed E-state index contributed by atoms with van der Waals surface area (Å²) in [5.41, 5.74) is 5.06. The largest absolute Gasteiger partial charge is 0.446 e. The molecule has 15 heavy (non-hydrogen) atoms. The first-order valence-electron chi connectivity index (χ1n) is 5.04. The number of nitrogens with two attached hydrogens (primary N) is 1. The van der Waals surface area contributed by atoms with Gasteiger partial charge in [-0.2, -0.15) is 0 Å². The van der Waals surface area contributed by atoms with Gasteiger partial charge in [0.2, 0.25) is 0 Å². The van der Waals surface area contributed by atoms with Crippen molar-refractivity contribution in [2.75, 3.05) is 6.54 Å². The summed E-state index contributed by atoms with van der Waals surface area (Å²) in [5.74, 6) is -0.0682. The van der Waals surface area contributed by atoms with Crippen molar-refractivity contribution in [3.05, 3.63) is 0 Å². The van der Waals surface area contributed by atoms with Crippen molar-refractivity contribution < 1.29 is 9.53 Å². The Morgan fingerprint density at radius 3 is 2.53 bits per heavy atom. The third kappa shape index (κ3) is 3.43. The molecule has 0 aromatic rings. The second-order valence-corrected chi connectivity index (χ2v) is 5.36. The van der Waals surface area contributed by atoms with E-state index in [1.807, 2.05) is 20.8 Å². The highest BCUT2D eigenvalue weighted by Gasteiger charge is 2.32. The van der Waals surface area contributed by atoms with Crippen molar-refractivity contribution >= 4 is 23.2 Å². The number of nitrogens with one attached hydrogen (secondary N) is 1. The van der Waals surface area contributed by atoms with Gasteiger partial charge in [-0.1, -0.05) is 12.2 Å². The molecule has 0 aromatic heterocycles. The van der Waals surface area contributed by atoms with Crippen molar-refractivity contribution in [1.29, 1.82) is 0 Å². The van der Waals surface area contributed by atoms with E-state index in [1.165, 1.54) is 0 Å². The van der Waals surface area contributed by atoms with Gasteiger partial charge in [-0.3, -0.25) is 10.1 Å². The smallest absolute Gasteiger partial charge is 0.312 e. The van der Waals surface area contributed by atoms with Gasteiger partial charge >= 0.3 is 5.97 Å². The summed E-state index contributed by atoms with van der Waals surface area (Å²) < 4.78 is 5.29. The fourth-order valence-corrected chi connectivity index (χ4v) is 1.49. The van der Waals surface area contributed by atoms with E-state index in [0.717, 1.165) is 0 Å². The van der Waals surface area contributed by atoms with Gasteiger partial charge in [0.05, 0.1) is 10.4 Å². The SMILES string of the molecule is CC(C)(C)C(=O)OC1CC(C(N)=S)CN1. The third-order valence-corrected chi connectivity index (χ3v) is 2.69. The lowest BCUT2D eigenvalue weighted by molar-refractivity contribution is -0.159. The number of carbonyl (C=O) groups is 1. The molecule has 2 unspecified atom stereocenters. The summed E-state index contributed by atoms with van der Waals surface area (Å²) in [6.45, 7) is 6.18. The van der Waals surface area contributed by atoms with Crippen molar-refractivity contribution in [3.63, 3.8) is 0 Å². The predicted molar refractivity (Wildman–Crippen MR) is 62.2 cm³/mol. The summed E-state index contributed by atoms with van der Waals surface area (Å²) in [7, 11) is 0. The van der Waals surface area contributed by atoms with Crippen LogP contribution in [0.25, 0.3) is 0 Å². The topological polar surface area (TPSA) is 64.3 Å². The van der Waals surface area contributed by atoms with E-state index in [9.17, 15) is 4.79 Å². The minimum Gasteiger partial charge on any atom is -0.446 e. The molecule has 0 aromatic carbocycles. The lowest BCUT2D eigenvalue weighted by Crippen LogP contribution is -2.33. The standard InChI is InChI=1S/C10H18N2O2S/c1-10(2,3)9(13)14-7-4-6(5-12-7)8(11)15/h6-7,12H,4-5H2,1-3H3,(H2,11,15). The monoisotopic (exact) mass is 230 g/mol. The molecule has 0 saturated carbocycles. The number of hydrogen-bond acceptors (Lipinski definition) is 4. The van der Waals surface area contributed by atoms with Crippen LogP contribution in [0.2, 0.25) is 0 Å². The van der Waals surface area contributed by atoms with Crippen molar-refractivity contribution in [1.82, 2.24) is 5.32 Å². The summed E-state index contributed by atoms with van der Waals surface area (Å²) in [6, 6.07) is 0. The normalized spacial score (nSPS) is 26.3. The second-order valence-electron chi connectivity index (χ2n) is 4.89. The molecule has 86 valence electrons.